The summed E-state index contributed by atoms with van der Waals surface area (Å²) in [4.78, 5) is 23.3. The lowest BCUT2D eigenvalue weighted by atomic mass is 10.0. The van der Waals surface area contributed by atoms with Crippen LogP contribution >= 0.6 is 22.7 Å². The van der Waals surface area contributed by atoms with Gasteiger partial charge in [-0.25, -0.2) is 14.8 Å². The van der Waals surface area contributed by atoms with E-state index in [1.807, 2.05) is 47.4 Å². The van der Waals surface area contributed by atoms with Crippen molar-refractivity contribution in [2.75, 3.05) is 4.90 Å². The molecule has 0 unspecified atom stereocenters. The van der Waals surface area contributed by atoms with Gasteiger partial charge in [-0.15, -0.1) is 22.7 Å². The van der Waals surface area contributed by atoms with Crippen molar-refractivity contribution in [3.05, 3.63) is 90.3 Å². The molecule has 1 aromatic carbocycles. The van der Waals surface area contributed by atoms with E-state index >= 15 is 0 Å². The molecule has 0 saturated heterocycles. The minimum Gasteiger partial charge on any atom is -0.478 e. The molecule has 0 radical (unpaired) electrons. The number of aromatic nitrogens is 2. The highest BCUT2D eigenvalue weighted by Gasteiger charge is 2.19. The molecule has 8 heteroatoms. The van der Waals surface area contributed by atoms with Gasteiger partial charge >= 0.3 is 5.97 Å². The van der Waals surface area contributed by atoms with Gasteiger partial charge in [0, 0.05) is 26.7 Å². The van der Waals surface area contributed by atoms with Gasteiger partial charge in [0.25, 0.3) is 0 Å². The van der Waals surface area contributed by atoms with Crippen molar-refractivity contribution in [3.8, 4) is 16.5 Å². The van der Waals surface area contributed by atoms with Gasteiger partial charge in [0.15, 0.2) is 0 Å². The summed E-state index contributed by atoms with van der Waals surface area (Å²) in [7, 11) is 0. The summed E-state index contributed by atoms with van der Waals surface area (Å²) in [6, 6.07) is 22.6. The molecule has 0 atom stereocenters. The Morgan fingerprint density at radius 3 is 2.16 bits per heavy atom. The Morgan fingerprint density at radius 2 is 1.59 bits per heavy atom. The predicted octanol–water partition coefficient (Wildman–Crippen LogP) is 6.46. The minimum absolute atomic E-state index is 0.0123. The fourth-order valence-electron chi connectivity index (χ4n) is 3.37. The Kier molecular flexibility index (Phi) is 5.11. The number of carboxylic acid groups (broad SMARTS) is 1. The van der Waals surface area contributed by atoms with Crippen LogP contribution in [0.4, 0.5) is 16.6 Å². The standard InChI is InChI=1S/C24H14N4O2S2/c25-14-16-11-15(7-8-17(16)24(29)30)18-12-19-20(31-18)13-23(32-19)28(21-5-1-3-9-26-21)22-6-2-4-10-27-22/h1-13H,(H,29,30). The number of nitrogens with zero attached hydrogens (tertiary/aromatic N) is 4. The number of anilines is 3. The number of rotatable bonds is 5. The van der Waals surface area contributed by atoms with Crippen molar-refractivity contribution in [1.82, 2.24) is 9.97 Å². The summed E-state index contributed by atoms with van der Waals surface area (Å²) < 4.78 is 2.19. The molecule has 0 amide bonds. The highest BCUT2D eigenvalue weighted by molar-refractivity contribution is 7.31. The molecule has 4 heterocycles. The fraction of sp³-hybridized carbons (Fsp3) is 0. The lowest BCUT2D eigenvalue weighted by molar-refractivity contribution is 0.0696. The Bertz CT molecular complexity index is 1400. The SMILES string of the molecule is N#Cc1cc(-c2cc3sc(N(c4ccccn4)c4ccccn4)cc3s2)ccc1C(=O)O. The molecule has 0 fully saturated rings. The lowest BCUT2D eigenvalue weighted by Crippen LogP contribution is -2.11. The van der Waals surface area contributed by atoms with E-state index in [0.29, 0.717) is 0 Å². The van der Waals surface area contributed by atoms with Gasteiger partial charge in [-0.3, -0.25) is 4.90 Å². The molecule has 32 heavy (non-hydrogen) atoms. The monoisotopic (exact) mass is 454 g/mol. The molecule has 0 aliphatic carbocycles. The summed E-state index contributed by atoms with van der Waals surface area (Å²) >= 11 is 3.22. The van der Waals surface area contributed by atoms with E-state index < -0.39 is 5.97 Å². The van der Waals surface area contributed by atoms with Gasteiger partial charge in [-0.1, -0.05) is 18.2 Å². The number of fused-ring (bicyclic) bond motifs is 1. The molecule has 0 aliphatic heterocycles. The average molecular weight is 455 g/mol. The van der Waals surface area contributed by atoms with Crippen molar-refractivity contribution in [1.29, 1.82) is 5.26 Å². The second-order valence-electron chi connectivity index (χ2n) is 6.81. The number of pyridine rings is 2. The summed E-state index contributed by atoms with van der Waals surface area (Å²) in [5, 5.41) is 19.6. The molecule has 1 N–H and O–H groups in total. The predicted molar refractivity (Wildman–Crippen MR) is 127 cm³/mol. The van der Waals surface area contributed by atoms with Crippen LogP contribution in [0.2, 0.25) is 0 Å². The number of thiophene rings is 2. The number of hydrogen-bond donors (Lipinski definition) is 1. The van der Waals surface area contributed by atoms with Gasteiger partial charge < -0.3 is 5.11 Å². The zero-order chi connectivity index (χ0) is 22.1. The van der Waals surface area contributed by atoms with Crippen LogP contribution in [0.3, 0.4) is 0 Å². The van der Waals surface area contributed by atoms with Gasteiger partial charge in [-0.05, 0) is 54.1 Å². The average Bonchev–Trinajstić information content (AvgIpc) is 3.39. The van der Waals surface area contributed by atoms with Crippen LogP contribution in [-0.4, -0.2) is 21.0 Å². The molecule has 4 aromatic heterocycles. The molecule has 5 rings (SSSR count). The Hall–Kier alpha value is -4.06. The number of carboxylic acids is 1. The zero-order valence-corrected chi connectivity index (χ0v) is 18.1. The van der Waals surface area contributed by atoms with Crippen LogP contribution in [0.1, 0.15) is 15.9 Å². The van der Waals surface area contributed by atoms with E-state index in [0.717, 1.165) is 36.5 Å². The third kappa shape index (κ3) is 3.60. The van der Waals surface area contributed by atoms with Crippen molar-refractivity contribution >= 4 is 54.7 Å². The fourth-order valence-corrected chi connectivity index (χ4v) is 5.77. The highest BCUT2D eigenvalue weighted by Crippen LogP contribution is 2.45. The smallest absolute Gasteiger partial charge is 0.337 e. The Balaban J connectivity index is 1.56. The van der Waals surface area contributed by atoms with Crippen LogP contribution in [-0.2, 0) is 0 Å². The maximum absolute atomic E-state index is 11.3. The van der Waals surface area contributed by atoms with E-state index in [-0.39, 0.29) is 11.1 Å². The second-order valence-corrected chi connectivity index (χ2v) is 8.96. The van der Waals surface area contributed by atoms with Crippen molar-refractivity contribution < 1.29 is 9.90 Å². The molecule has 0 saturated carbocycles. The van der Waals surface area contributed by atoms with Gasteiger partial charge in [0.1, 0.15) is 22.7 Å². The number of hydrogen-bond acceptors (Lipinski definition) is 7. The van der Waals surface area contributed by atoms with Crippen LogP contribution in [0.15, 0.2) is 79.1 Å². The summed E-state index contributed by atoms with van der Waals surface area (Å²) in [6.45, 7) is 0. The molecule has 0 aliphatic rings. The minimum atomic E-state index is -1.10. The third-order valence-electron chi connectivity index (χ3n) is 4.83. The molecule has 0 bridgehead atoms. The molecule has 6 nitrogen and oxygen atoms in total. The molecule has 0 spiro atoms. The number of carbonyl (C=O) groups is 1. The van der Waals surface area contributed by atoms with E-state index in [1.54, 1.807) is 47.2 Å². The van der Waals surface area contributed by atoms with E-state index in [9.17, 15) is 15.2 Å². The zero-order valence-electron chi connectivity index (χ0n) is 16.5. The van der Waals surface area contributed by atoms with E-state index in [1.165, 1.54) is 6.07 Å². The largest absolute Gasteiger partial charge is 0.478 e. The topological polar surface area (TPSA) is 90.1 Å². The molecular weight excluding hydrogens is 440 g/mol. The van der Waals surface area contributed by atoms with Crippen molar-refractivity contribution in [2.24, 2.45) is 0 Å². The Labute approximate surface area is 191 Å². The van der Waals surface area contributed by atoms with Crippen LogP contribution in [0.25, 0.3) is 19.8 Å². The highest BCUT2D eigenvalue weighted by atomic mass is 32.1. The molecular formula is C24H14N4O2S2. The van der Waals surface area contributed by atoms with Gasteiger partial charge in [0.2, 0.25) is 0 Å². The first-order valence-electron chi connectivity index (χ1n) is 9.57. The lowest BCUT2D eigenvalue weighted by Gasteiger charge is -2.20. The molecule has 5 aromatic rings. The van der Waals surface area contributed by atoms with Crippen molar-refractivity contribution in [2.45, 2.75) is 0 Å². The van der Waals surface area contributed by atoms with Gasteiger partial charge in [0.05, 0.1) is 11.1 Å². The maximum Gasteiger partial charge on any atom is 0.337 e. The summed E-state index contributed by atoms with van der Waals surface area (Å²) in [6.07, 6.45) is 3.51. The maximum atomic E-state index is 11.3. The number of nitriles is 1. The number of benzene rings is 1. The first-order valence-corrected chi connectivity index (χ1v) is 11.2. The Morgan fingerprint density at radius 1 is 0.906 bits per heavy atom. The first kappa shape index (κ1) is 19.9. The third-order valence-corrected chi connectivity index (χ3v) is 7.15. The van der Waals surface area contributed by atoms with Crippen LogP contribution in [0.5, 0.6) is 0 Å². The second kappa shape index (κ2) is 8.23. The summed E-state index contributed by atoms with van der Waals surface area (Å²) in [5.41, 5.74) is 0.995. The summed E-state index contributed by atoms with van der Waals surface area (Å²) in [5.74, 6) is 0.459. The van der Waals surface area contributed by atoms with Crippen LogP contribution < -0.4 is 4.90 Å². The normalized spacial score (nSPS) is 10.7. The van der Waals surface area contributed by atoms with E-state index in [4.69, 9.17) is 0 Å². The van der Waals surface area contributed by atoms with Crippen LogP contribution in [0, 0.1) is 11.3 Å². The number of aromatic carboxylic acids is 1. The van der Waals surface area contributed by atoms with Gasteiger partial charge in [-0.2, -0.15) is 5.26 Å². The first-order chi connectivity index (χ1) is 15.6. The molecule has 154 valence electrons. The quantitative estimate of drug-likeness (QED) is 0.328. The van der Waals surface area contributed by atoms with Crippen molar-refractivity contribution in [3.63, 3.8) is 0 Å². The van der Waals surface area contributed by atoms with E-state index in [2.05, 4.69) is 22.1 Å².